The number of hydrogen-bond donors (Lipinski definition) is 0. The molecule has 1 aromatic carbocycles. The van der Waals surface area contributed by atoms with Crippen LogP contribution in [0.4, 0.5) is 0 Å². The van der Waals surface area contributed by atoms with Gasteiger partial charge in [-0.1, -0.05) is 12.1 Å². The van der Waals surface area contributed by atoms with Crippen molar-refractivity contribution in [1.29, 1.82) is 0 Å². The lowest BCUT2D eigenvalue weighted by atomic mass is 10.1. The first-order valence-corrected chi connectivity index (χ1v) is 6.47. The fraction of sp³-hybridized carbons (Fsp3) is 0.467. The third kappa shape index (κ3) is 3.20. The summed E-state index contributed by atoms with van der Waals surface area (Å²) >= 11 is 0. The zero-order chi connectivity index (χ0) is 13.8. The minimum atomic E-state index is 0.502. The first-order chi connectivity index (χ1) is 9.13. The van der Waals surface area contributed by atoms with Gasteiger partial charge in [0.1, 0.15) is 0 Å². The summed E-state index contributed by atoms with van der Waals surface area (Å²) in [7, 11) is 5.45. The van der Waals surface area contributed by atoms with Crippen molar-refractivity contribution >= 4 is 0 Å². The van der Waals surface area contributed by atoms with E-state index < -0.39 is 0 Å². The van der Waals surface area contributed by atoms with E-state index in [4.69, 9.17) is 9.47 Å². The van der Waals surface area contributed by atoms with E-state index in [1.165, 1.54) is 5.56 Å². The van der Waals surface area contributed by atoms with Crippen LogP contribution < -0.4 is 9.47 Å². The molecule has 1 aliphatic rings. The van der Waals surface area contributed by atoms with Crippen LogP contribution in [-0.2, 0) is 6.54 Å². The molecule has 0 saturated heterocycles. The van der Waals surface area contributed by atoms with Crippen LogP contribution in [0.25, 0.3) is 0 Å². The summed E-state index contributed by atoms with van der Waals surface area (Å²) in [4.78, 5) is 4.59. The van der Waals surface area contributed by atoms with Crippen molar-refractivity contribution in [2.75, 3.05) is 27.9 Å². The van der Waals surface area contributed by atoms with Gasteiger partial charge in [-0.3, -0.25) is 4.90 Å². The molecule has 1 atom stereocenters. The Morgan fingerprint density at radius 2 is 1.95 bits per heavy atom. The molecule has 4 nitrogen and oxygen atoms in total. The van der Waals surface area contributed by atoms with Crippen LogP contribution in [0.2, 0.25) is 0 Å². The van der Waals surface area contributed by atoms with Crippen molar-refractivity contribution < 1.29 is 9.47 Å². The molecule has 1 heterocycles. The molecular weight excluding hydrogens is 240 g/mol. The number of benzene rings is 1. The second-order valence-corrected chi connectivity index (χ2v) is 4.92. The van der Waals surface area contributed by atoms with Gasteiger partial charge in [0.05, 0.1) is 20.9 Å². The molecular formula is C15H22N2O2. The van der Waals surface area contributed by atoms with Gasteiger partial charge >= 0.3 is 0 Å². The Morgan fingerprint density at radius 3 is 2.58 bits per heavy atom. The smallest absolute Gasteiger partial charge is 0.161 e. The number of rotatable bonds is 4. The van der Waals surface area contributed by atoms with Gasteiger partial charge in [0.25, 0.3) is 0 Å². The molecule has 0 N–H and O–H groups in total. The Labute approximate surface area is 115 Å². The number of nitrogens with zero attached hydrogens (tertiary/aromatic N) is 2. The SMILES string of the molecule is COc1ccc(CN2C=CC(C)N(C)C2)cc1OC. The van der Waals surface area contributed by atoms with Crippen molar-refractivity contribution in [3.8, 4) is 11.5 Å². The quantitative estimate of drug-likeness (QED) is 0.831. The van der Waals surface area contributed by atoms with Gasteiger partial charge in [-0.25, -0.2) is 0 Å². The van der Waals surface area contributed by atoms with Crippen LogP contribution in [0.5, 0.6) is 11.5 Å². The third-order valence-corrected chi connectivity index (χ3v) is 3.51. The van der Waals surface area contributed by atoms with Crippen LogP contribution in [0, 0.1) is 0 Å². The molecule has 1 unspecified atom stereocenters. The Hall–Kier alpha value is -1.68. The first-order valence-electron chi connectivity index (χ1n) is 6.47. The molecule has 2 rings (SSSR count). The van der Waals surface area contributed by atoms with Crippen LogP contribution in [0.3, 0.4) is 0 Å². The normalized spacial score (nSPS) is 19.6. The van der Waals surface area contributed by atoms with E-state index in [-0.39, 0.29) is 0 Å². The Balaban J connectivity index is 2.09. The van der Waals surface area contributed by atoms with Gasteiger partial charge < -0.3 is 14.4 Å². The maximum atomic E-state index is 5.33. The molecule has 0 bridgehead atoms. The van der Waals surface area contributed by atoms with Crippen molar-refractivity contribution in [3.05, 3.63) is 36.0 Å². The van der Waals surface area contributed by atoms with E-state index >= 15 is 0 Å². The van der Waals surface area contributed by atoms with Crippen LogP contribution in [-0.4, -0.2) is 43.8 Å². The van der Waals surface area contributed by atoms with Gasteiger partial charge in [0.15, 0.2) is 11.5 Å². The lowest BCUT2D eigenvalue weighted by Crippen LogP contribution is -2.40. The average molecular weight is 262 g/mol. The number of likely N-dealkylation sites (N-methyl/N-ethyl adjacent to an activating group) is 1. The van der Waals surface area contributed by atoms with Gasteiger partial charge in [-0.15, -0.1) is 0 Å². The number of ether oxygens (including phenoxy) is 2. The van der Waals surface area contributed by atoms with Gasteiger partial charge in [-0.05, 0) is 37.9 Å². The summed E-state index contributed by atoms with van der Waals surface area (Å²) in [6.07, 6.45) is 4.38. The van der Waals surface area contributed by atoms with E-state index in [1.54, 1.807) is 14.2 Å². The predicted molar refractivity (Wildman–Crippen MR) is 76.3 cm³/mol. The van der Waals surface area contributed by atoms with E-state index in [0.29, 0.717) is 6.04 Å². The molecule has 0 fully saturated rings. The maximum Gasteiger partial charge on any atom is 0.161 e. The molecule has 0 aliphatic carbocycles. The highest BCUT2D eigenvalue weighted by molar-refractivity contribution is 5.42. The maximum absolute atomic E-state index is 5.33. The summed E-state index contributed by atoms with van der Waals surface area (Å²) in [6.45, 7) is 4.00. The van der Waals surface area contributed by atoms with Crippen molar-refractivity contribution in [2.24, 2.45) is 0 Å². The number of hydrogen-bond acceptors (Lipinski definition) is 4. The summed E-state index contributed by atoms with van der Waals surface area (Å²) in [5.41, 5.74) is 1.21. The van der Waals surface area contributed by atoms with Gasteiger partial charge in [-0.2, -0.15) is 0 Å². The highest BCUT2D eigenvalue weighted by Gasteiger charge is 2.15. The topological polar surface area (TPSA) is 24.9 Å². The fourth-order valence-electron chi connectivity index (χ4n) is 2.17. The van der Waals surface area contributed by atoms with E-state index in [0.717, 1.165) is 24.7 Å². The standard InChI is InChI=1S/C15H22N2O2/c1-12-7-8-17(11-16(12)2)10-13-5-6-14(18-3)15(9-13)19-4/h5-9,12H,10-11H2,1-4H3. The molecule has 104 valence electrons. The van der Waals surface area contributed by atoms with E-state index in [1.807, 2.05) is 12.1 Å². The summed E-state index contributed by atoms with van der Waals surface area (Å²) < 4.78 is 10.6. The van der Waals surface area contributed by atoms with Crippen LogP contribution in [0.1, 0.15) is 12.5 Å². The highest BCUT2D eigenvalue weighted by atomic mass is 16.5. The van der Waals surface area contributed by atoms with E-state index in [9.17, 15) is 0 Å². The molecule has 19 heavy (non-hydrogen) atoms. The minimum absolute atomic E-state index is 0.502. The van der Waals surface area contributed by atoms with Crippen LogP contribution >= 0.6 is 0 Å². The Morgan fingerprint density at radius 1 is 1.21 bits per heavy atom. The van der Waals surface area contributed by atoms with Gasteiger partial charge in [0, 0.05) is 12.6 Å². The second kappa shape index (κ2) is 5.97. The van der Waals surface area contributed by atoms with Crippen molar-refractivity contribution in [2.45, 2.75) is 19.5 Å². The Bertz CT molecular complexity index is 459. The average Bonchev–Trinajstić information content (AvgIpc) is 2.43. The Kier molecular flexibility index (Phi) is 4.32. The third-order valence-electron chi connectivity index (χ3n) is 3.51. The zero-order valence-corrected chi connectivity index (χ0v) is 12.1. The fourth-order valence-corrected chi connectivity index (χ4v) is 2.17. The zero-order valence-electron chi connectivity index (χ0n) is 12.1. The van der Waals surface area contributed by atoms with Crippen molar-refractivity contribution in [1.82, 2.24) is 9.80 Å². The lowest BCUT2D eigenvalue weighted by molar-refractivity contribution is 0.157. The van der Waals surface area contributed by atoms with E-state index in [2.05, 4.69) is 42.1 Å². The molecule has 0 amide bonds. The molecule has 1 aliphatic heterocycles. The first kappa shape index (κ1) is 13.7. The lowest BCUT2D eigenvalue weighted by Gasteiger charge is -2.34. The summed E-state index contributed by atoms with van der Waals surface area (Å²) in [5, 5.41) is 0. The van der Waals surface area contributed by atoms with Crippen LogP contribution in [0.15, 0.2) is 30.5 Å². The second-order valence-electron chi connectivity index (χ2n) is 4.92. The monoisotopic (exact) mass is 262 g/mol. The summed E-state index contributed by atoms with van der Waals surface area (Å²) in [6, 6.07) is 6.56. The molecule has 0 radical (unpaired) electrons. The predicted octanol–water partition coefficient (Wildman–Crippen LogP) is 2.31. The molecule has 4 heteroatoms. The van der Waals surface area contributed by atoms with Gasteiger partial charge in [0.2, 0.25) is 0 Å². The van der Waals surface area contributed by atoms with Crippen molar-refractivity contribution in [3.63, 3.8) is 0 Å². The minimum Gasteiger partial charge on any atom is -0.493 e. The molecule has 0 spiro atoms. The molecule has 0 saturated carbocycles. The highest BCUT2D eigenvalue weighted by Crippen LogP contribution is 2.28. The molecule has 1 aromatic rings. The molecule has 0 aromatic heterocycles. The largest absolute Gasteiger partial charge is 0.493 e. The summed E-state index contributed by atoms with van der Waals surface area (Å²) in [5.74, 6) is 1.55. The number of methoxy groups -OCH3 is 2.